The highest BCUT2D eigenvalue weighted by atomic mass is 32.1. The predicted octanol–water partition coefficient (Wildman–Crippen LogP) is 2.16. The number of nitrogens with zero attached hydrogens (tertiary/aromatic N) is 3. The Morgan fingerprint density at radius 3 is 2.78 bits per heavy atom. The maximum Gasteiger partial charge on any atom is 0.322 e. The summed E-state index contributed by atoms with van der Waals surface area (Å²) in [4.78, 5) is 16.9. The van der Waals surface area contributed by atoms with Crippen molar-refractivity contribution in [1.82, 2.24) is 15.2 Å². The zero-order chi connectivity index (χ0) is 12.7. The summed E-state index contributed by atoms with van der Waals surface area (Å²) in [5.74, 6) is 0.419. The van der Waals surface area contributed by atoms with Crippen LogP contribution in [0.15, 0.2) is 4.42 Å². The summed E-state index contributed by atoms with van der Waals surface area (Å²) in [5.41, 5.74) is 0.692. The number of hydrogen-bond donors (Lipinski definition) is 1. The molecule has 0 atom stereocenters. The van der Waals surface area contributed by atoms with Gasteiger partial charge >= 0.3 is 6.01 Å². The van der Waals surface area contributed by atoms with Crippen LogP contribution in [0.4, 0.5) is 6.01 Å². The van der Waals surface area contributed by atoms with Crippen molar-refractivity contribution >= 4 is 23.3 Å². The van der Waals surface area contributed by atoms with Gasteiger partial charge in [0.05, 0.1) is 5.01 Å². The van der Waals surface area contributed by atoms with Crippen LogP contribution in [0, 0.1) is 19.8 Å². The molecular formula is C11H12N4O2S. The van der Waals surface area contributed by atoms with Crippen LogP contribution in [0.2, 0.25) is 0 Å². The van der Waals surface area contributed by atoms with Crippen LogP contribution in [0.1, 0.15) is 22.7 Å². The number of aryl methyl sites for hydroxylation is 2. The van der Waals surface area contributed by atoms with E-state index in [-0.39, 0.29) is 17.8 Å². The van der Waals surface area contributed by atoms with Gasteiger partial charge < -0.3 is 4.42 Å². The number of nitrogens with one attached hydrogen (secondary N) is 1. The molecule has 1 amide bonds. The Balaban J connectivity index is 1.80. The summed E-state index contributed by atoms with van der Waals surface area (Å²) in [6.45, 7) is 3.87. The highest BCUT2D eigenvalue weighted by Crippen LogP contribution is 2.31. The van der Waals surface area contributed by atoms with E-state index in [1.54, 1.807) is 11.3 Å². The molecule has 0 aromatic carbocycles. The van der Waals surface area contributed by atoms with Gasteiger partial charge in [0.25, 0.3) is 5.89 Å². The second-order valence-corrected chi connectivity index (χ2v) is 5.72. The number of anilines is 1. The molecule has 2 aromatic rings. The largest absolute Gasteiger partial charge is 0.401 e. The number of hydrogen-bond acceptors (Lipinski definition) is 6. The molecule has 6 nitrogen and oxygen atoms in total. The first-order valence-electron chi connectivity index (χ1n) is 5.72. The van der Waals surface area contributed by atoms with Crippen LogP contribution in [0.25, 0.3) is 11.6 Å². The molecule has 3 rings (SSSR count). The molecule has 0 bridgehead atoms. The maximum absolute atomic E-state index is 11.5. The van der Waals surface area contributed by atoms with Crippen LogP contribution in [-0.2, 0) is 4.79 Å². The monoisotopic (exact) mass is 264 g/mol. The van der Waals surface area contributed by atoms with Crippen LogP contribution in [0.5, 0.6) is 0 Å². The van der Waals surface area contributed by atoms with E-state index in [0.29, 0.717) is 11.6 Å². The number of rotatable bonds is 3. The molecule has 0 spiro atoms. The van der Waals surface area contributed by atoms with Crippen LogP contribution >= 0.6 is 11.3 Å². The van der Waals surface area contributed by atoms with E-state index in [0.717, 1.165) is 22.7 Å². The van der Waals surface area contributed by atoms with E-state index >= 15 is 0 Å². The molecule has 7 heteroatoms. The van der Waals surface area contributed by atoms with Crippen LogP contribution < -0.4 is 5.32 Å². The third-order valence-corrected chi connectivity index (χ3v) is 3.60. The Morgan fingerprint density at radius 2 is 2.17 bits per heavy atom. The Bertz CT molecular complexity index is 600. The minimum absolute atomic E-state index is 0.0450. The smallest absolute Gasteiger partial charge is 0.322 e. The quantitative estimate of drug-likeness (QED) is 0.918. The lowest BCUT2D eigenvalue weighted by Crippen LogP contribution is -2.13. The molecule has 1 aliphatic carbocycles. The SMILES string of the molecule is Cc1nc(-c2nnc(NC(=O)C3CC3)o2)c(C)s1. The van der Waals surface area contributed by atoms with Gasteiger partial charge in [-0.25, -0.2) is 4.98 Å². The van der Waals surface area contributed by atoms with Crippen molar-refractivity contribution in [1.29, 1.82) is 0 Å². The third-order valence-electron chi connectivity index (χ3n) is 2.71. The molecule has 0 saturated heterocycles. The molecular weight excluding hydrogens is 252 g/mol. The lowest BCUT2D eigenvalue weighted by Gasteiger charge is -1.95. The van der Waals surface area contributed by atoms with Gasteiger partial charge in [0.1, 0.15) is 5.69 Å². The van der Waals surface area contributed by atoms with Crippen molar-refractivity contribution in [2.45, 2.75) is 26.7 Å². The lowest BCUT2D eigenvalue weighted by atomic mass is 10.4. The van der Waals surface area contributed by atoms with Gasteiger partial charge in [0.15, 0.2) is 0 Å². The minimum Gasteiger partial charge on any atom is -0.401 e. The highest BCUT2D eigenvalue weighted by Gasteiger charge is 2.30. The summed E-state index contributed by atoms with van der Waals surface area (Å²) in [6.07, 6.45) is 1.88. The second kappa shape index (κ2) is 4.16. The topological polar surface area (TPSA) is 80.9 Å². The molecule has 94 valence electrons. The summed E-state index contributed by atoms with van der Waals surface area (Å²) >= 11 is 1.58. The van der Waals surface area contributed by atoms with Gasteiger partial charge in [-0.2, -0.15) is 0 Å². The average molecular weight is 264 g/mol. The number of aromatic nitrogens is 3. The van der Waals surface area contributed by atoms with Crippen LogP contribution in [-0.4, -0.2) is 21.1 Å². The molecule has 1 saturated carbocycles. The first kappa shape index (κ1) is 11.3. The molecule has 2 aromatic heterocycles. The molecule has 18 heavy (non-hydrogen) atoms. The second-order valence-electron chi connectivity index (χ2n) is 4.31. The van der Waals surface area contributed by atoms with Crippen molar-refractivity contribution in [3.05, 3.63) is 9.88 Å². The van der Waals surface area contributed by atoms with E-state index < -0.39 is 0 Å². The maximum atomic E-state index is 11.5. The molecule has 0 aliphatic heterocycles. The van der Waals surface area contributed by atoms with Gasteiger partial charge in [-0.1, -0.05) is 5.10 Å². The van der Waals surface area contributed by atoms with Crippen molar-refractivity contribution in [3.63, 3.8) is 0 Å². The Morgan fingerprint density at radius 1 is 1.39 bits per heavy atom. The molecule has 0 radical (unpaired) electrons. The fourth-order valence-electron chi connectivity index (χ4n) is 1.65. The molecule has 0 unspecified atom stereocenters. The fourth-order valence-corrected chi connectivity index (χ4v) is 2.46. The molecule has 1 aliphatic rings. The summed E-state index contributed by atoms with van der Waals surface area (Å²) in [6, 6.07) is 0.145. The van der Waals surface area contributed by atoms with Gasteiger partial charge in [-0.05, 0) is 26.7 Å². The standard InChI is InChI=1S/C11H12N4O2S/c1-5-8(12-6(2)18-5)10-14-15-11(17-10)13-9(16)7-3-4-7/h7H,3-4H2,1-2H3,(H,13,15,16). The number of amides is 1. The third kappa shape index (κ3) is 2.13. The van der Waals surface area contributed by atoms with Crippen molar-refractivity contribution in [3.8, 4) is 11.6 Å². The van der Waals surface area contributed by atoms with Crippen molar-refractivity contribution < 1.29 is 9.21 Å². The lowest BCUT2D eigenvalue weighted by molar-refractivity contribution is -0.117. The number of carbonyl (C=O) groups excluding carboxylic acids is 1. The summed E-state index contributed by atoms with van der Waals surface area (Å²) in [5, 5.41) is 11.3. The van der Waals surface area contributed by atoms with Gasteiger partial charge in [-0.3, -0.25) is 10.1 Å². The Labute approximate surface area is 107 Å². The van der Waals surface area contributed by atoms with Crippen molar-refractivity contribution in [2.24, 2.45) is 5.92 Å². The summed E-state index contributed by atoms with van der Waals surface area (Å²) < 4.78 is 5.40. The zero-order valence-corrected chi connectivity index (χ0v) is 10.9. The average Bonchev–Trinajstić information content (AvgIpc) is 2.99. The Kier molecular flexibility index (Phi) is 2.62. The molecule has 1 fully saturated rings. The van der Waals surface area contributed by atoms with Gasteiger partial charge in [0.2, 0.25) is 5.91 Å². The van der Waals surface area contributed by atoms with E-state index in [9.17, 15) is 4.79 Å². The number of thiazole rings is 1. The highest BCUT2D eigenvalue weighted by molar-refractivity contribution is 7.11. The number of carbonyl (C=O) groups is 1. The molecule has 2 heterocycles. The minimum atomic E-state index is -0.0450. The van der Waals surface area contributed by atoms with E-state index in [1.807, 2.05) is 13.8 Å². The van der Waals surface area contributed by atoms with Gasteiger partial charge in [-0.15, -0.1) is 16.4 Å². The summed E-state index contributed by atoms with van der Waals surface area (Å²) in [7, 11) is 0. The fraction of sp³-hybridized carbons (Fsp3) is 0.455. The zero-order valence-electron chi connectivity index (χ0n) is 10.1. The Hall–Kier alpha value is -1.76. The van der Waals surface area contributed by atoms with E-state index in [4.69, 9.17) is 4.42 Å². The van der Waals surface area contributed by atoms with E-state index in [1.165, 1.54) is 0 Å². The van der Waals surface area contributed by atoms with Crippen LogP contribution in [0.3, 0.4) is 0 Å². The van der Waals surface area contributed by atoms with E-state index in [2.05, 4.69) is 20.5 Å². The first-order valence-corrected chi connectivity index (χ1v) is 6.54. The predicted molar refractivity (Wildman–Crippen MR) is 66.2 cm³/mol. The normalized spacial score (nSPS) is 14.8. The molecule has 1 N–H and O–H groups in total. The van der Waals surface area contributed by atoms with Gasteiger partial charge in [0, 0.05) is 10.8 Å². The van der Waals surface area contributed by atoms with Crippen molar-refractivity contribution in [2.75, 3.05) is 5.32 Å². The first-order chi connectivity index (χ1) is 8.63.